The molecule has 0 aliphatic rings. The standard InChI is InChI=1S/C18H21N3O5S/c1-12-4-5-13(2)18(10-12)27(25,26)20-9-8-19-16-7-6-15(14(3)22)11-17(16)21(23)24/h4-7,10-11,19-20H,8-9H2,1-3H3. The van der Waals surface area contributed by atoms with E-state index >= 15 is 0 Å². The minimum atomic E-state index is -3.68. The summed E-state index contributed by atoms with van der Waals surface area (Å²) < 4.78 is 27.3. The Labute approximate surface area is 157 Å². The average Bonchev–Trinajstić information content (AvgIpc) is 2.60. The van der Waals surface area contributed by atoms with Crippen LogP contribution in [0.5, 0.6) is 0 Å². The van der Waals surface area contributed by atoms with E-state index in [1.807, 2.05) is 13.0 Å². The first-order valence-electron chi connectivity index (χ1n) is 8.22. The quantitative estimate of drug-likeness (QED) is 0.309. The van der Waals surface area contributed by atoms with E-state index in [1.54, 1.807) is 19.1 Å². The highest BCUT2D eigenvalue weighted by atomic mass is 32.2. The van der Waals surface area contributed by atoms with Gasteiger partial charge in [0.2, 0.25) is 10.0 Å². The zero-order valence-corrected chi connectivity index (χ0v) is 16.1. The predicted octanol–water partition coefficient (Wildman–Crippen LogP) is 2.80. The average molecular weight is 391 g/mol. The molecule has 0 aromatic heterocycles. The summed E-state index contributed by atoms with van der Waals surface area (Å²) in [6.45, 7) is 5.04. The number of nitro benzene ring substituents is 1. The molecule has 0 spiro atoms. The van der Waals surface area contributed by atoms with Gasteiger partial charge in [0.15, 0.2) is 5.78 Å². The summed E-state index contributed by atoms with van der Waals surface area (Å²) in [6, 6.07) is 9.29. The second-order valence-corrected chi connectivity index (χ2v) is 7.87. The van der Waals surface area contributed by atoms with Gasteiger partial charge in [-0.15, -0.1) is 0 Å². The number of sulfonamides is 1. The zero-order chi connectivity index (χ0) is 20.2. The van der Waals surface area contributed by atoms with Crippen molar-refractivity contribution in [2.24, 2.45) is 0 Å². The van der Waals surface area contributed by atoms with Gasteiger partial charge < -0.3 is 5.32 Å². The normalized spacial score (nSPS) is 11.2. The van der Waals surface area contributed by atoms with Gasteiger partial charge in [-0.2, -0.15) is 0 Å². The number of Topliss-reactive ketones (excluding diaryl/α,β-unsaturated/α-hetero) is 1. The molecule has 9 heteroatoms. The lowest BCUT2D eigenvalue weighted by molar-refractivity contribution is -0.384. The Kier molecular flexibility index (Phi) is 6.29. The molecule has 2 aromatic carbocycles. The lowest BCUT2D eigenvalue weighted by Crippen LogP contribution is -2.29. The first kappa shape index (κ1) is 20.5. The number of anilines is 1. The van der Waals surface area contributed by atoms with Crippen molar-refractivity contribution < 1.29 is 18.1 Å². The molecule has 0 unspecified atom stereocenters. The first-order chi connectivity index (χ1) is 12.6. The molecule has 0 atom stereocenters. The fourth-order valence-corrected chi connectivity index (χ4v) is 3.87. The number of ketones is 1. The van der Waals surface area contributed by atoms with E-state index in [9.17, 15) is 23.3 Å². The topological polar surface area (TPSA) is 118 Å². The van der Waals surface area contributed by atoms with Crippen molar-refractivity contribution in [1.82, 2.24) is 4.72 Å². The molecule has 8 nitrogen and oxygen atoms in total. The molecule has 144 valence electrons. The van der Waals surface area contributed by atoms with Crippen LogP contribution < -0.4 is 10.0 Å². The van der Waals surface area contributed by atoms with Crippen LogP contribution in [0.15, 0.2) is 41.3 Å². The lowest BCUT2D eigenvalue weighted by Gasteiger charge is -2.11. The summed E-state index contributed by atoms with van der Waals surface area (Å²) in [6.07, 6.45) is 0. The number of carbonyl (C=O) groups is 1. The number of aryl methyl sites for hydroxylation is 2. The Balaban J connectivity index is 2.05. The van der Waals surface area contributed by atoms with Crippen LogP contribution in [-0.2, 0) is 10.0 Å². The van der Waals surface area contributed by atoms with Crippen LogP contribution in [0.1, 0.15) is 28.4 Å². The maximum Gasteiger partial charge on any atom is 0.293 e. The van der Waals surface area contributed by atoms with Crippen LogP contribution in [0, 0.1) is 24.0 Å². The fourth-order valence-electron chi connectivity index (χ4n) is 2.51. The number of hydrogen-bond acceptors (Lipinski definition) is 6. The maximum absolute atomic E-state index is 12.4. The van der Waals surface area contributed by atoms with Gasteiger partial charge >= 0.3 is 0 Å². The third-order valence-corrected chi connectivity index (χ3v) is 5.57. The summed E-state index contributed by atoms with van der Waals surface area (Å²) in [4.78, 5) is 22.2. The summed E-state index contributed by atoms with van der Waals surface area (Å²) in [5, 5.41) is 14.0. The maximum atomic E-state index is 12.4. The molecular formula is C18H21N3O5S. The Hall–Kier alpha value is -2.78. The highest BCUT2D eigenvalue weighted by Gasteiger charge is 2.18. The molecule has 0 fully saturated rings. The van der Waals surface area contributed by atoms with Crippen LogP contribution in [0.25, 0.3) is 0 Å². The van der Waals surface area contributed by atoms with E-state index < -0.39 is 14.9 Å². The van der Waals surface area contributed by atoms with Gasteiger partial charge in [-0.25, -0.2) is 13.1 Å². The van der Waals surface area contributed by atoms with Gasteiger partial charge in [-0.05, 0) is 50.1 Å². The largest absolute Gasteiger partial charge is 0.378 e. The number of nitrogens with zero attached hydrogens (tertiary/aromatic N) is 1. The van der Waals surface area contributed by atoms with E-state index in [0.717, 1.165) is 5.56 Å². The van der Waals surface area contributed by atoms with E-state index in [0.29, 0.717) is 5.56 Å². The van der Waals surface area contributed by atoms with Crippen LogP contribution in [-0.4, -0.2) is 32.2 Å². The number of carbonyl (C=O) groups excluding carboxylic acids is 1. The number of hydrogen-bond donors (Lipinski definition) is 2. The van der Waals surface area contributed by atoms with Crippen molar-refractivity contribution >= 4 is 27.2 Å². The molecule has 0 radical (unpaired) electrons. The molecule has 0 saturated heterocycles. The van der Waals surface area contributed by atoms with Gasteiger partial charge in [0.05, 0.1) is 9.82 Å². The van der Waals surface area contributed by atoms with Crippen molar-refractivity contribution in [1.29, 1.82) is 0 Å². The van der Waals surface area contributed by atoms with E-state index in [-0.39, 0.29) is 40.7 Å². The van der Waals surface area contributed by atoms with Crippen LogP contribution in [0.3, 0.4) is 0 Å². The van der Waals surface area contributed by atoms with Gasteiger partial charge in [0, 0.05) is 24.7 Å². The summed E-state index contributed by atoms with van der Waals surface area (Å²) in [5.41, 5.74) is 1.69. The molecule has 0 amide bonds. The van der Waals surface area contributed by atoms with Gasteiger partial charge in [-0.1, -0.05) is 12.1 Å². The van der Waals surface area contributed by atoms with Gasteiger partial charge in [0.1, 0.15) is 5.69 Å². The SMILES string of the molecule is CC(=O)c1ccc(NCCNS(=O)(=O)c2cc(C)ccc2C)c([N+](=O)[O-])c1. The summed E-state index contributed by atoms with van der Waals surface area (Å²) >= 11 is 0. The Morgan fingerprint density at radius 1 is 1.11 bits per heavy atom. The fraction of sp³-hybridized carbons (Fsp3) is 0.278. The minimum absolute atomic E-state index is 0.0430. The van der Waals surface area contributed by atoms with Crippen LogP contribution in [0.2, 0.25) is 0 Å². The highest BCUT2D eigenvalue weighted by Crippen LogP contribution is 2.25. The monoisotopic (exact) mass is 391 g/mol. The van der Waals surface area contributed by atoms with Crippen molar-refractivity contribution in [3.63, 3.8) is 0 Å². The third kappa shape index (κ3) is 5.11. The molecule has 0 aliphatic heterocycles. The van der Waals surface area contributed by atoms with E-state index in [4.69, 9.17) is 0 Å². The number of nitrogens with one attached hydrogen (secondary N) is 2. The molecule has 2 rings (SSSR count). The van der Waals surface area contributed by atoms with Gasteiger partial charge in [0.25, 0.3) is 5.69 Å². The van der Waals surface area contributed by atoms with Crippen molar-refractivity contribution in [3.8, 4) is 0 Å². The van der Waals surface area contributed by atoms with Gasteiger partial charge in [-0.3, -0.25) is 14.9 Å². The second kappa shape index (κ2) is 8.28. The Morgan fingerprint density at radius 3 is 2.44 bits per heavy atom. The zero-order valence-electron chi connectivity index (χ0n) is 15.3. The Morgan fingerprint density at radius 2 is 1.81 bits per heavy atom. The number of benzene rings is 2. The highest BCUT2D eigenvalue weighted by molar-refractivity contribution is 7.89. The molecule has 27 heavy (non-hydrogen) atoms. The number of nitro groups is 1. The van der Waals surface area contributed by atoms with Crippen LogP contribution in [0.4, 0.5) is 11.4 Å². The molecular weight excluding hydrogens is 370 g/mol. The van der Waals surface area contributed by atoms with Crippen molar-refractivity contribution in [2.75, 3.05) is 18.4 Å². The first-order valence-corrected chi connectivity index (χ1v) is 9.70. The molecule has 0 aliphatic carbocycles. The second-order valence-electron chi connectivity index (χ2n) is 6.14. The molecule has 0 saturated carbocycles. The van der Waals surface area contributed by atoms with Crippen LogP contribution >= 0.6 is 0 Å². The van der Waals surface area contributed by atoms with E-state index in [1.165, 1.54) is 25.1 Å². The lowest BCUT2D eigenvalue weighted by atomic mass is 10.1. The summed E-state index contributed by atoms with van der Waals surface area (Å²) in [7, 11) is -3.68. The smallest absolute Gasteiger partial charge is 0.293 e. The Bertz CT molecular complexity index is 986. The minimum Gasteiger partial charge on any atom is -0.378 e. The third-order valence-electron chi connectivity index (χ3n) is 3.97. The van der Waals surface area contributed by atoms with Crippen molar-refractivity contribution in [3.05, 3.63) is 63.2 Å². The molecule has 0 bridgehead atoms. The predicted molar refractivity (Wildman–Crippen MR) is 103 cm³/mol. The molecule has 2 N–H and O–H groups in total. The molecule has 2 aromatic rings. The van der Waals surface area contributed by atoms with Crippen molar-refractivity contribution in [2.45, 2.75) is 25.7 Å². The van der Waals surface area contributed by atoms with E-state index in [2.05, 4.69) is 10.0 Å². The summed E-state index contributed by atoms with van der Waals surface area (Å²) in [5.74, 6) is -0.272. The molecule has 0 heterocycles. The number of rotatable bonds is 8.